The van der Waals surface area contributed by atoms with Gasteiger partial charge in [-0.3, -0.25) is 9.69 Å². The van der Waals surface area contributed by atoms with Gasteiger partial charge in [0.25, 0.3) is 0 Å². The summed E-state index contributed by atoms with van der Waals surface area (Å²) in [5.74, 6) is 1.01. The molecule has 6 nitrogen and oxygen atoms in total. The van der Waals surface area contributed by atoms with Gasteiger partial charge in [0.05, 0.1) is 23.9 Å². The van der Waals surface area contributed by atoms with Crippen molar-refractivity contribution >= 4 is 18.5 Å². The highest BCUT2D eigenvalue weighted by atomic mass is 16.7. The summed E-state index contributed by atoms with van der Waals surface area (Å²) in [4.78, 5) is 16.1. The molecule has 2 aliphatic heterocycles. The normalized spacial score (nSPS) is 24.6. The molecule has 0 saturated carbocycles. The Morgan fingerprint density at radius 3 is 2.54 bits per heavy atom. The van der Waals surface area contributed by atoms with Crippen LogP contribution in [0.2, 0.25) is 0 Å². The summed E-state index contributed by atoms with van der Waals surface area (Å²) in [6.45, 7) is 13.4. The van der Waals surface area contributed by atoms with E-state index in [2.05, 4.69) is 32.6 Å². The SMILES string of the molecule is C[C@@H]1C(=O)N(C)CCN1CCCOc1cccc(B2OC(C)(C)C(C)(C)O2)c1. The van der Waals surface area contributed by atoms with Gasteiger partial charge >= 0.3 is 7.12 Å². The molecule has 1 amide bonds. The third-order valence-electron chi connectivity index (χ3n) is 6.25. The van der Waals surface area contributed by atoms with E-state index in [1.54, 1.807) is 4.90 Å². The van der Waals surface area contributed by atoms with Crippen LogP contribution < -0.4 is 10.2 Å². The Morgan fingerprint density at radius 2 is 1.86 bits per heavy atom. The maximum atomic E-state index is 12.1. The molecule has 0 N–H and O–H groups in total. The van der Waals surface area contributed by atoms with Crippen LogP contribution in [0.4, 0.5) is 0 Å². The summed E-state index contributed by atoms with van der Waals surface area (Å²) in [5, 5.41) is 0. The molecule has 7 heteroatoms. The molecule has 2 saturated heterocycles. The Bertz CT molecular complexity index is 693. The number of piperazine rings is 1. The van der Waals surface area contributed by atoms with Gasteiger partial charge in [0.15, 0.2) is 0 Å². The minimum atomic E-state index is -0.384. The molecule has 1 aromatic rings. The van der Waals surface area contributed by atoms with Crippen molar-refractivity contribution in [1.82, 2.24) is 9.80 Å². The minimum Gasteiger partial charge on any atom is -0.494 e. The van der Waals surface area contributed by atoms with Crippen LogP contribution in [0.5, 0.6) is 5.75 Å². The fourth-order valence-electron chi connectivity index (χ4n) is 3.55. The molecule has 0 bridgehead atoms. The van der Waals surface area contributed by atoms with Gasteiger partial charge in [-0.05, 0) is 58.6 Å². The first-order chi connectivity index (χ1) is 13.1. The van der Waals surface area contributed by atoms with Crippen molar-refractivity contribution in [3.63, 3.8) is 0 Å². The zero-order valence-corrected chi connectivity index (χ0v) is 18.0. The predicted octanol–water partition coefficient (Wildman–Crippen LogP) is 1.92. The number of ether oxygens (including phenoxy) is 1. The van der Waals surface area contributed by atoms with Gasteiger partial charge in [-0.1, -0.05) is 12.1 Å². The fourth-order valence-corrected chi connectivity index (χ4v) is 3.55. The second kappa shape index (κ2) is 8.05. The average Bonchev–Trinajstić information content (AvgIpc) is 2.86. The van der Waals surface area contributed by atoms with E-state index in [0.717, 1.165) is 37.3 Å². The van der Waals surface area contributed by atoms with Crippen LogP contribution >= 0.6 is 0 Å². The Morgan fingerprint density at radius 1 is 1.18 bits per heavy atom. The van der Waals surface area contributed by atoms with Crippen molar-refractivity contribution < 1.29 is 18.8 Å². The largest absolute Gasteiger partial charge is 0.494 e. The van der Waals surface area contributed by atoms with Crippen LogP contribution in [0.15, 0.2) is 24.3 Å². The van der Waals surface area contributed by atoms with E-state index in [1.165, 1.54) is 0 Å². The first kappa shape index (κ1) is 21.2. The summed E-state index contributed by atoms with van der Waals surface area (Å²) in [6.07, 6.45) is 0.877. The van der Waals surface area contributed by atoms with Crippen LogP contribution in [0.3, 0.4) is 0 Å². The summed E-state index contributed by atoms with van der Waals surface area (Å²) in [7, 11) is 1.48. The van der Waals surface area contributed by atoms with Gasteiger partial charge < -0.3 is 18.9 Å². The second-order valence-electron chi connectivity index (χ2n) is 8.83. The van der Waals surface area contributed by atoms with Crippen LogP contribution in [-0.2, 0) is 14.1 Å². The molecule has 3 rings (SSSR count). The van der Waals surface area contributed by atoms with Crippen LogP contribution in [0.25, 0.3) is 0 Å². The zero-order valence-electron chi connectivity index (χ0n) is 18.0. The lowest BCUT2D eigenvalue weighted by Crippen LogP contribution is -2.54. The number of hydrogen-bond donors (Lipinski definition) is 0. The summed E-state index contributed by atoms with van der Waals surface area (Å²) in [6, 6.07) is 7.87. The lowest BCUT2D eigenvalue weighted by atomic mass is 9.79. The van der Waals surface area contributed by atoms with E-state index in [9.17, 15) is 4.79 Å². The number of nitrogens with zero attached hydrogens (tertiary/aromatic N) is 2. The van der Waals surface area contributed by atoms with E-state index in [0.29, 0.717) is 6.61 Å². The number of rotatable bonds is 6. The van der Waals surface area contributed by atoms with E-state index in [4.69, 9.17) is 14.0 Å². The monoisotopic (exact) mass is 388 g/mol. The third-order valence-corrected chi connectivity index (χ3v) is 6.25. The maximum Gasteiger partial charge on any atom is 0.494 e. The lowest BCUT2D eigenvalue weighted by Gasteiger charge is -2.37. The molecule has 0 unspecified atom stereocenters. The molecule has 0 radical (unpaired) electrons. The Balaban J connectivity index is 1.50. The van der Waals surface area contributed by atoms with E-state index >= 15 is 0 Å². The molecule has 1 aromatic carbocycles. The summed E-state index contributed by atoms with van der Waals surface area (Å²) >= 11 is 0. The Labute approximate surface area is 169 Å². The van der Waals surface area contributed by atoms with Crippen molar-refractivity contribution in [2.24, 2.45) is 0 Å². The molecule has 154 valence electrons. The van der Waals surface area contributed by atoms with Crippen LogP contribution in [0, 0.1) is 0 Å². The number of carbonyl (C=O) groups excluding carboxylic acids is 1. The summed E-state index contributed by atoms with van der Waals surface area (Å²) < 4.78 is 18.2. The molecule has 28 heavy (non-hydrogen) atoms. The highest BCUT2D eigenvalue weighted by Gasteiger charge is 2.51. The van der Waals surface area contributed by atoms with E-state index in [-0.39, 0.29) is 30.3 Å². The highest BCUT2D eigenvalue weighted by Crippen LogP contribution is 2.36. The lowest BCUT2D eigenvalue weighted by molar-refractivity contribution is -0.139. The van der Waals surface area contributed by atoms with E-state index in [1.807, 2.05) is 38.2 Å². The number of benzene rings is 1. The highest BCUT2D eigenvalue weighted by molar-refractivity contribution is 6.62. The van der Waals surface area contributed by atoms with Crippen molar-refractivity contribution in [2.45, 2.75) is 58.3 Å². The van der Waals surface area contributed by atoms with Gasteiger partial charge in [0, 0.05) is 26.7 Å². The van der Waals surface area contributed by atoms with Gasteiger partial charge in [-0.15, -0.1) is 0 Å². The molecular weight excluding hydrogens is 355 g/mol. The van der Waals surface area contributed by atoms with Gasteiger partial charge in [0.1, 0.15) is 5.75 Å². The van der Waals surface area contributed by atoms with E-state index < -0.39 is 0 Å². The third kappa shape index (κ3) is 4.37. The van der Waals surface area contributed by atoms with Crippen LogP contribution in [-0.4, -0.2) is 73.4 Å². The molecule has 2 heterocycles. The molecule has 2 fully saturated rings. The van der Waals surface area contributed by atoms with Crippen molar-refractivity contribution in [3.05, 3.63) is 24.3 Å². The minimum absolute atomic E-state index is 0.0505. The van der Waals surface area contributed by atoms with Crippen molar-refractivity contribution in [1.29, 1.82) is 0 Å². The molecular formula is C21H33BN2O4. The van der Waals surface area contributed by atoms with Gasteiger partial charge in [0.2, 0.25) is 5.91 Å². The fraction of sp³-hybridized carbons (Fsp3) is 0.667. The quantitative estimate of drug-likeness (QED) is 0.551. The molecule has 0 aliphatic carbocycles. The number of carbonyl (C=O) groups is 1. The first-order valence-electron chi connectivity index (χ1n) is 10.2. The standard InChI is InChI=1S/C21H33BN2O4/c1-16-19(25)23(6)12-13-24(16)11-8-14-26-18-10-7-9-17(15-18)22-27-20(2,3)21(4,5)28-22/h7,9-10,15-16H,8,11-14H2,1-6H3/t16-/m1/s1. The predicted molar refractivity (Wildman–Crippen MR) is 111 cm³/mol. The second-order valence-corrected chi connectivity index (χ2v) is 8.83. The first-order valence-corrected chi connectivity index (χ1v) is 10.2. The number of likely N-dealkylation sites (N-methyl/N-ethyl adjacent to an activating group) is 1. The topological polar surface area (TPSA) is 51.2 Å². The Hall–Kier alpha value is -1.57. The van der Waals surface area contributed by atoms with Gasteiger partial charge in [-0.2, -0.15) is 0 Å². The van der Waals surface area contributed by atoms with Crippen molar-refractivity contribution in [3.8, 4) is 5.75 Å². The molecule has 1 atom stereocenters. The molecule has 0 spiro atoms. The number of hydrogen-bond acceptors (Lipinski definition) is 5. The number of amides is 1. The molecule has 0 aromatic heterocycles. The molecule has 2 aliphatic rings. The average molecular weight is 388 g/mol. The van der Waals surface area contributed by atoms with Crippen LogP contribution in [0.1, 0.15) is 41.0 Å². The maximum absolute atomic E-state index is 12.1. The summed E-state index contributed by atoms with van der Waals surface area (Å²) in [5.41, 5.74) is 0.255. The van der Waals surface area contributed by atoms with Crippen molar-refractivity contribution in [2.75, 3.05) is 33.3 Å². The zero-order chi connectivity index (χ0) is 20.5. The Kier molecular flexibility index (Phi) is 6.08. The van der Waals surface area contributed by atoms with Gasteiger partial charge in [-0.25, -0.2) is 0 Å². The smallest absolute Gasteiger partial charge is 0.494 e.